The summed E-state index contributed by atoms with van der Waals surface area (Å²) >= 11 is 6.00. The quantitative estimate of drug-likeness (QED) is 0.802. The predicted octanol–water partition coefficient (Wildman–Crippen LogP) is 3.09. The van der Waals surface area contributed by atoms with Gasteiger partial charge in [-0.05, 0) is 24.1 Å². The van der Waals surface area contributed by atoms with Crippen LogP contribution in [0, 0.1) is 0 Å². The maximum absolute atomic E-state index is 11.1. The Hall–Kier alpha value is -0.350. The Labute approximate surface area is 93.9 Å². The van der Waals surface area contributed by atoms with E-state index in [0.29, 0.717) is 5.56 Å². The minimum absolute atomic E-state index is 0.364. The summed E-state index contributed by atoms with van der Waals surface area (Å²) in [5.74, 6) is -0.364. The molecule has 1 aromatic carbocycles. The number of rotatable bonds is 3. The van der Waals surface area contributed by atoms with Gasteiger partial charge in [-0.1, -0.05) is 28.1 Å². The lowest BCUT2D eigenvalue weighted by Crippen LogP contribution is -1.98. The zero-order chi connectivity index (χ0) is 9.68. The van der Waals surface area contributed by atoms with Gasteiger partial charge in [0.2, 0.25) is 0 Å². The van der Waals surface area contributed by atoms with E-state index in [2.05, 4.69) is 36.0 Å². The second-order valence-electron chi connectivity index (χ2n) is 2.50. The molecule has 0 saturated heterocycles. The topological polar surface area (TPSA) is 26.3 Å². The molecule has 0 aliphatic heterocycles. The minimum atomic E-state index is -0.364. The third-order valence-corrected chi connectivity index (χ3v) is 2.31. The molecule has 4 heteroatoms. The molecule has 0 aliphatic rings. The van der Waals surface area contributed by atoms with E-state index >= 15 is 0 Å². The van der Waals surface area contributed by atoms with Crippen LogP contribution in [-0.2, 0) is 10.2 Å². The zero-order valence-corrected chi connectivity index (χ0v) is 9.97. The Morgan fingerprint density at radius 3 is 2.85 bits per heavy atom. The van der Waals surface area contributed by atoms with Gasteiger partial charge in [0.1, 0.15) is 0 Å². The molecule has 1 aromatic rings. The van der Waals surface area contributed by atoms with E-state index in [1.165, 1.54) is 0 Å². The number of benzene rings is 1. The second kappa shape index (κ2) is 5.40. The molecule has 0 N–H and O–H groups in total. The number of carbonyl (C=O) groups excluding carboxylic acids is 1. The second-order valence-corrected chi connectivity index (χ2v) is 3.62. The van der Waals surface area contributed by atoms with Gasteiger partial charge in [0.05, 0.1) is 5.56 Å². The van der Waals surface area contributed by atoms with Crippen molar-refractivity contribution < 1.29 is 8.62 Å². The van der Waals surface area contributed by atoms with Crippen molar-refractivity contribution in [2.45, 2.75) is 6.42 Å². The van der Waals surface area contributed by atoms with Gasteiger partial charge in [0, 0.05) is 5.33 Å². The lowest BCUT2D eigenvalue weighted by molar-refractivity contribution is 0.0782. The molecule has 0 aromatic heterocycles. The normalized spacial score (nSPS) is 9.69. The fraction of sp³-hybridized carbons (Fsp3) is 0.222. The van der Waals surface area contributed by atoms with Crippen LogP contribution in [0.2, 0.25) is 0 Å². The molecule has 70 valence electrons. The van der Waals surface area contributed by atoms with Crippen LogP contribution >= 0.6 is 32.2 Å². The summed E-state index contributed by atoms with van der Waals surface area (Å²) in [6, 6.07) is 7.37. The van der Waals surface area contributed by atoms with Crippen LogP contribution < -0.4 is 0 Å². The third kappa shape index (κ3) is 3.12. The van der Waals surface area contributed by atoms with Crippen molar-refractivity contribution in [3.63, 3.8) is 0 Å². The van der Waals surface area contributed by atoms with Crippen molar-refractivity contribution >= 4 is 38.2 Å². The molecule has 0 spiro atoms. The van der Waals surface area contributed by atoms with Crippen LogP contribution in [0.3, 0.4) is 0 Å². The Morgan fingerprint density at radius 1 is 1.46 bits per heavy atom. The Morgan fingerprint density at radius 2 is 2.23 bits per heavy atom. The van der Waals surface area contributed by atoms with Crippen LogP contribution in [0.5, 0.6) is 0 Å². The molecule has 0 heterocycles. The standard InChI is InChI=1S/C9H8Br2O2/c10-5-4-7-2-1-3-8(6-7)9(12)13-11/h1-3,6H,4-5H2. The molecule has 0 fully saturated rings. The predicted molar refractivity (Wildman–Crippen MR) is 58.3 cm³/mol. The number of alkyl halides is 1. The van der Waals surface area contributed by atoms with E-state index in [9.17, 15) is 4.79 Å². The molecule has 0 bridgehead atoms. The van der Waals surface area contributed by atoms with Gasteiger partial charge in [-0.15, -0.1) is 0 Å². The van der Waals surface area contributed by atoms with E-state index < -0.39 is 0 Å². The van der Waals surface area contributed by atoms with Gasteiger partial charge >= 0.3 is 5.97 Å². The van der Waals surface area contributed by atoms with E-state index in [4.69, 9.17) is 0 Å². The molecular formula is C9H8Br2O2. The van der Waals surface area contributed by atoms with E-state index in [-0.39, 0.29) is 5.97 Å². The largest absolute Gasteiger partial charge is 0.380 e. The first-order valence-corrected chi connectivity index (χ1v) is 5.52. The first-order valence-electron chi connectivity index (χ1n) is 3.75. The highest BCUT2D eigenvalue weighted by Gasteiger charge is 2.05. The summed E-state index contributed by atoms with van der Waals surface area (Å²) in [5, 5.41) is 0.889. The van der Waals surface area contributed by atoms with Crippen molar-refractivity contribution in [1.29, 1.82) is 0 Å². The van der Waals surface area contributed by atoms with Crippen LogP contribution in [0.15, 0.2) is 24.3 Å². The lowest BCUT2D eigenvalue weighted by Gasteiger charge is -2.00. The number of halogens is 2. The molecule has 13 heavy (non-hydrogen) atoms. The highest BCUT2D eigenvalue weighted by molar-refractivity contribution is 9.09. The highest BCUT2D eigenvalue weighted by Crippen LogP contribution is 2.09. The number of carbonyl (C=O) groups is 1. The monoisotopic (exact) mass is 306 g/mol. The van der Waals surface area contributed by atoms with Crippen LogP contribution in [0.1, 0.15) is 15.9 Å². The highest BCUT2D eigenvalue weighted by atomic mass is 79.9. The van der Waals surface area contributed by atoms with Crippen LogP contribution in [0.4, 0.5) is 0 Å². The first-order chi connectivity index (χ1) is 6.27. The Balaban J connectivity index is 2.85. The average Bonchev–Trinajstić information content (AvgIpc) is 2.18. The van der Waals surface area contributed by atoms with Gasteiger partial charge in [-0.25, -0.2) is 4.79 Å². The Kier molecular flexibility index (Phi) is 4.45. The fourth-order valence-corrected chi connectivity index (χ4v) is 1.65. The van der Waals surface area contributed by atoms with Crippen molar-refractivity contribution in [2.75, 3.05) is 5.33 Å². The van der Waals surface area contributed by atoms with Crippen LogP contribution in [-0.4, -0.2) is 11.3 Å². The minimum Gasteiger partial charge on any atom is -0.380 e. The van der Waals surface area contributed by atoms with E-state index in [1.807, 2.05) is 18.2 Å². The molecule has 0 radical (unpaired) electrons. The van der Waals surface area contributed by atoms with Gasteiger partial charge in [0.25, 0.3) is 0 Å². The maximum atomic E-state index is 11.1. The van der Waals surface area contributed by atoms with Gasteiger partial charge in [-0.2, -0.15) is 0 Å². The van der Waals surface area contributed by atoms with Gasteiger partial charge < -0.3 is 3.83 Å². The SMILES string of the molecule is O=C(OBr)c1cccc(CCBr)c1. The average molecular weight is 308 g/mol. The molecule has 1 rings (SSSR count). The summed E-state index contributed by atoms with van der Waals surface area (Å²) in [7, 11) is 0. The third-order valence-electron chi connectivity index (χ3n) is 1.62. The molecule has 2 nitrogen and oxygen atoms in total. The fourth-order valence-electron chi connectivity index (χ4n) is 1.01. The summed E-state index contributed by atoms with van der Waals surface area (Å²) in [4.78, 5) is 11.1. The zero-order valence-electron chi connectivity index (χ0n) is 6.80. The van der Waals surface area contributed by atoms with Gasteiger partial charge in [0.15, 0.2) is 16.3 Å². The molecule has 0 unspecified atom stereocenters. The molecule has 0 aliphatic carbocycles. The first kappa shape index (κ1) is 10.7. The smallest absolute Gasteiger partial charge is 0.349 e. The van der Waals surface area contributed by atoms with Crippen molar-refractivity contribution in [1.82, 2.24) is 0 Å². The van der Waals surface area contributed by atoms with Gasteiger partial charge in [-0.3, -0.25) is 0 Å². The molecule has 0 amide bonds. The van der Waals surface area contributed by atoms with Crippen LogP contribution in [0.25, 0.3) is 0 Å². The maximum Gasteiger partial charge on any atom is 0.349 e. The summed E-state index contributed by atoms with van der Waals surface area (Å²) in [6.07, 6.45) is 0.906. The van der Waals surface area contributed by atoms with E-state index in [0.717, 1.165) is 17.3 Å². The lowest BCUT2D eigenvalue weighted by atomic mass is 10.1. The molecule has 0 atom stereocenters. The molecular weight excluding hydrogens is 300 g/mol. The number of aryl methyl sites for hydroxylation is 1. The van der Waals surface area contributed by atoms with E-state index in [1.54, 1.807) is 6.07 Å². The van der Waals surface area contributed by atoms with Crippen molar-refractivity contribution in [2.24, 2.45) is 0 Å². The van der Waals surface area contributed by atoms with Crippen molar-refractivity contribution in [3.8, 4) is 0 Å². The summed E-state index contributed by atoms with van der Waals surface area (Å²) in [6.45, 7) is 0. The summed E-state index contributed by atoms with van der Waals surface area (Å²) < 4.78 is 4.43. The number of hydrogen-bond acceptors (Lipinski definition) is 2. The summed E-state index contributed by atoms with van der Waals surface area (Å²) in [5.41, 5.74) is 1.68. The Bertz CT molecular complexity index is 299. The molecule has 0 saturated carbocycles. The number of hydrogen-bond donors (Lipinski definition) is 0. The van der Waals surface area contributed by atoms with Crippen molar-refractivity contribution in [3.05, 3.63) is 35.4 Å².